The molecule has 2 heterocycles. The van der Waals surface area contributed by atoms with E-state index in [1.54, 1.807) is 0 Å². The van der Waals surface area contributed by atoms with E-state index in [9.17, 15) is 0 Å². The van der Waals surface area contributed by atoms with Gasteiger partial charge in [0.1, 0.15) is 0 Å². The van der Waals surface area contributed by atoms with Crippen LogP contribution in [-0.2, 0) is 0 Å². The second kappa shape index (κ2) is 13.6. The largest absolute Gasteiger partial charge is 0.208 e. The summed E-state index contributed by atoms with van der Waals surface area (Å²) >= 11 is 1.84. The minimum atomic E-state index is 0.639. The molecule has 0 atom stereocenters. The smallest absolute Gasteiger partial charge is 0.164 e. The Bertz CT molecular complexity index is 3590. The number of thiophene rings is 1. The Hall–Kier alpha value is -7.53. The molecule has 0 radical (unpaired) electrons. The highest BCUT2D eigenvalue weighted by molar-refractivity contribution is 7.25. The summed E-state index contributed by atoms with van der Waals surface area (Å²) in [6.45, 7) is 0. The van der Waals surface area contributed by atoms with Gasteiger partial charge in [0.05, 0.1) is 0 Å². The molecule has 0 bridgehead atoms. The van der Waals surface area contributed by atoms with Crippen molar-refractivity contribution in [2.24, 2.45) is 0 Å². The lowest BCUT2D eigenvalue weighted by Gasteiger charge is -2.16. The third-order valence-corrected chi connectivity index (χ3v) is 12.9. The molecule has 0 saturated carbocycles. The average molecular weight is 768 g/mol. The van der Waals surface area contributed by atoms with Crippen LogP contribution in [-0.4, -0.2) is 15.0 Å². The first-order valence-electron chi connectivity index (χ1n) is 19.9. The Kier molecular flexibility index (Phi) is 7.72. The molecule has 0 spiro atoms. The van der Waals surface area contributed by atoms with Crippen LogP contribution in [0.4, 0.5) is 0 Å². The van der Waals surface area contributed by atoms with Crippen molar-refractivity contribution in [3.05, 3.63) is 200 Å². The molecule has 0 unspecified atom stereocenters. The second-order valence-corrected chi connectivity index (χ2v) is 16.2. The Morgan fingerprint density at radius 2 is 0.678 bits per heavy atom. The van der Waals surface area contributed by atoms with Crippen LogP contribution in [0.15, 0.2) is 200 Å². The summed E-state index contributed by atoms with van der Waals surface area (Å²) in [7, 11) is 0. The summed E-state index contributed by atoms with van der Waals surface area (Å²) in [5.74, 6) is 1.93. The molecule has 3 nitrogen and oxygen atoms in total. The molecule has 12 rings (SSSR count). The van der Waals surface area contributed by atoms with E-state index in [-0.39, 0.29) is 0 Å². The van der Waals surface area contributed by atoms with Gasteiger partial charge in [-0.25, -0.2) is 15.0 Å². The molecule has 0 aliphatic carbocycles. The fourth-order valence-electron chi connectivity index (χ4n) is 8.87. The second-order valence-electron chi connectivity index (χ2n) is 15.1. The Morgan fingerprint density at radius 3 is 1.32 bits per heavy atom. The highest BCUT2D eigenvalue weighted by Crippen LogP contribution is 2.43. The number of hydrogen-bond donors (Lipinski definition) is 0. The van der Waals surface area contributed by atoms with Gasteiger partial charge < -0.3 is 0 Å². The fourth-order valence-corrected chi connectivity index (χ4v) is 9.96. The maximum atomic E-state index is 5.11. The van der Waals surface area contributed by atoms with Gasteiger partial charge in [-0.2, -0.15) is 0 Å². The highest BCUT2D eigenvalue weighted by Gasteiger charge is 2.17. The van der Waals surface area contributed by atoms with Gasteiger partial charge in [0.25, 0.3) is 0 Å². The SMILES string of the molecule is c1ccc(-c2nc(-c3ccc(-c4ccc5sc6ccccc6c5c4)cc3)nc(-c3ccc(-c4cc5c6ccccc6c6ccccc6c5c5ccccc45)cc3)n2)cc1. The third-order valence-electron chi connectivity index (χ3n) is 11.7. The molecule has 10 aromatic carbocycles. The zero-order valence-electron chi connectivity index (χ0n) is 31.8. The van der Waals surface area contributed by atoms with Crippen molar-refractivity contribution in [2.45, 2.75) is 0 Å². The minimum absolute atomic E-state index is 0.639. The Morgan fingerprint density at radius 1 is 0.254 bits per heavy atom. The molecular formula is C55H33N3S. The maximum Gasteiger partial charge on any atom is 0.164 e. The summed E-state index contributed by atoms with van der Waals surface area (Å²) in [5, 5.41) is 12.7. The number of fused-ring (bicyclic) bond motifs is 11. The first-order valence-corrected chi connectivity index (χ1v) is 20.7. The van der Waals surface area contributed by atoms with E-state index in [1.165, 1.54) is 74.4 Å². The van der Waals surface area contributed by atoms with Gasteiger partial charge in [-0.3, -0.25) is 0 Å². The molecule has 0 amide bonds. The van der Waals surface area contributed by atoms with E-state index < -0.39 is 0 Å². The van der Waals surface area contributed by atoms with Gasteiger partial charge in [-0.1, -0.05) is 176 Å². The lowest BCUT2D eigenvalue weighted by molar-refractivity contribution is 1.07. The summed E-state index contributed by atoms with van der Waals surface area (Å²) in [4.78, 5) is 15.2. The van der Waals surface area contributed by atoms with Gasteiger partial charge in [0.2, 0.25) is 0 Å². The number of benzene rings is 10. The lowest BCUT2D eigenvalue weighted by Crippen LogP contribution is -2.00. The summed E-state index contributed by atoms with van der Waals surface area (Å²) < 4.78 is 2.62. The quantitative estimate of drug-likeness (QED) is 0.164. The minimum Gasteiger partial charge on any atom is -0.208 e. The number of aromatic nitrogens is 3. The first-order chi connectivity index (χ1) is 29.2. The zero-order valence-corrected chi connectivity index (χ0v) is 32.6. The van der Waals surface area contributed by atoms with E-state index in [0.717, 1.165) is 27.8 Å². The van der Waals surface area contributed by atoms with Crippen LogP contribution in [0.2, 0.25) is 0 Å². The molecule has 2 aromatic heterocycles. The van der Waals surface area contributed by atoms with Crippen LogP contribution in [0.3, 0.4) is 0 Å². The van der Waals surface area contributed by atoms with Crippen LogP contribution in [0.1, 0.15) is 0 Å². The number of hydrogen-bond acceptors (Lipinski definition) is 4. The van der Waals surface area contributed by atoms with Gasteiger partial charge in [-0.05, 0) is 89.6 Å². The van der Waals surface area contributed by atoms with Crippen LogP contribution in [0.5, 0.6) is 0 Å². The molecule has 12 aromatic rings. The van der Waals surface area contributed by atoms with Gasteiger partial charge in [0.15, 0.2) is 17.5 Å². The third kappa shape index (κ3) is 5.60. The summed E-state index contributed by atoms with van der Waals surface area (Å²) in [5.41, 5.74) is 7.51. The molecule has 274 valence electrons. The van der Waals surface area contributed by atoms with E-state index in [2.05, 4.69) is 182 Å². The normalized spacial score (nSPS) is 11.7. The number of rotatable bonds is 5. The van der Waals surface area contributed by atoms with Crippen LogP contribution in [0, 0.1) is 0 Å². The van der Waals surface area contributed by atoms with Gasteiger partial charge >= 0.3 is 0 Å². The van der Waals surface area contributed by atoms with Crippen LogP contribution >= 0.6 is 11.3 Å². The van der Waals surface area contributed by atoms with E-state index in [4.69, 9.17) is 15.0 Å². The molecular weight excluding hydrogens is 735 g/mol. The van der Waals surface area contributed by atoms with Crippen LogP contribution < -0.4 is 0 Å². The topological polar surface area (TPSA) is 38.7 Å². The fraction of sp³-hybridized carbons (Fsp3) is 0. The van der Waals surface area contributed by atoms with E-state index in [1.807, 2.05) is 29.5 Å². The average Bonchev–Trinajstić information content (AvgIpc) is 3.69. The van der Waals surface area contributed by atoms with Crippen molar-refractivity contribution in [3.8, 4) is 56.4 Å². The first kappa shape index (κ1) is 33.6. The van der Waals surface area contributed by atoms with Crippen molar-refractivity contribution < 1.29 is 0 Å². The molecule has 0 fully saturated rings. The van der Waals surface area contributed by atoms with Crippen molar-refractivity contribution >= 4 is 74.6 Å². The predicted octanol–water partition coefficient (Wildman–Crippen LogP) is 15.2. The monoisotopic (exact) mass is 767 g/mol. The van der Waals surface area contributed by atoms with Crippen molar-refractivity contribution in [3.63, 3.8) is 0 Å². The molecule has 0 saturated heterocycles. The predicted molar refractivity (Wildman–Crippen MR) is 250 cm³/mol. The van der Waals surface area contributed by atoms with Crippen molar-refractivity contribution in [1.82, 2.24) is 15.0 Å². The Labute approximate surface area is 344 Å². The molecule has 0 N–H and O–H groups in total. The maximum absolute atomic E-state index is 5.11. The molecule has 0 aliphatic heterocycles. The van der Waals surface area contributed by atoms with Gasteiger partial charge in [0, 0.05) is 36.9 Å². The van der Waals surface area contributed by atoms with Crippen molar-refractivity contribution in [1.29, 1.82) is 0 Å². The van der Waals surface area contributed by atoms with Gasteiger partial charge in [-0.15, -0.1) is 11.3 Å². The highest BCUT2D eigenvalue weighted by atomic mass is 32.1. The number of nitrogens with zero attached hydrogens (tertiary/aromatic N) is 3. The standard InChI is InChI=1S/C55H33N3S/c1-2-12-36(13-3-1)53-56-54(37-26-22-34(23-27-37)39-30-31-51-48(32-39)44-18-10-11-21-50(44)59-51)58-55(57-53)38-28-24-35(25-29-38)47-33-49-42-16-5-4-14-40(42)41-15-6-8-19-45(41)52(49)46-20-9-7-17-43(46)47/h1-33H. The summed E-state index contributed by atoms with van der Waals surface area (Å²) in [6.07, 6.45) is 0. The van der Waals surface area contributed by atoms with Crippen LogP contribution in [0.25, 0.3) is 120 Å². The Balaban J connectivity index is 0.956. The van der Waals surface area contributed by atoms with E-state index >= 15 is 0 Å². The zero-order chi connectivity index (χ0) is 38.9. The van der Waals surface area contributed by atoms with E-state index in [0.29, 0.717) is 17.5 Å². The lowest BCUT2D eigenvalue weighted by atomic mass is 9.87. The molecule has 0 aliphatic rings. The molecule has 4 heteroatoms. The molecule has 59 heavy (non-hydrogen) atoms. The summed E-state index contributed by atoms with van der Waals surface area (Å²) in [6, 6.07) is 71.7. The van der Waals surface area contributed by atoms with Crippen molar-refractivity contribution in [2.75, 3.05) is 0 Å².